The zero-order chi connectivity index (χ0) is 17.9. The third kappa shape index (κ3) is 3.21. The predicted octanol–water partition coefficient (Wildman–Crippen LogP) is 2.90. The van der Waals surface area contributed by atoms with Crippen LogP contribution in [0.5, 0.6) is 5.75 Å². The number of imidazole rings is 1. The number of nitrogens with one attached hydrogen (secondary N) is 1. The molecule has 0 spiro atoms. The first-order chi connectivity index (χ1) is 12.7. The molecule has 1 N–H and O–H groups in total. The van der Waals surface area contributed by atoms with Crippen molar-refractivity contribution < 1.29 is 14.3 Å². The molecule has 7 heteroatoms. The van der Waals surface area contributed by atoms with Gasteiger partial charge in [-0.15, -0.1) is 0 Å². The van der Waals surface area contributed by atoms with E-state index in [0.29, 0.717) is 32.1 Å². The average Bonchev–Trinajstić information content (AvgIpc) is 3.12. The molecule has 1 aromatic heterocycles. The van der Waals surface area contributed by atoms with E-state index < -0.39 is 0 Å². The van der Waals surface area contributed by atoms with Gasteiger partial charge in [-0.3, -0.25) is 4.57 Å². The summed E-state index contributed by atoms with van der Waals surface area (Å²) in [5.41, 5.74) is 3.79. The van der Waals surface area contributed by atoms with E-state index in [1.54, 1.807) is 23.4 Å². The second kappa shape index (κ2) is 7.05. The summed E-state index contributed by atoms with van der Waals surface area (Å²) in [5, 5.41) is 3.10. The molecule has 2 heterocycles. The van der Waals surface area contributed by atoms with Crippen molar-refractivity contribution in [3.05, 3.63) is 48.8 Å². The van der Waals surface area contributed by atoms with Gasteiger partial charge in [0.15, 0.2) is 0 Å². The molecule has 0 unspecified atom stereocenters. The molecule has 4 rings (SSSR count). The Morgan fingerprint density at radius 2 is 1.92 bits per heavy atom. The number of anilines is 1. The SMILES string of the molecule is CNc1ccc(-n2cnc3cc(OC(=O)N4CCOCC4)ccc32)cc1. The first kappa shape index (κ1) is 16.4. The van der Waals surface area contributed by atoms with Crippen LogP contribution in [-0.4, -0.2) is 53.9 Å². The molecule has 2 aromatic carbocycles. The Morgan fingerprint density at radius 1 is 1.15 bits per heavy atom. The van der Waals surface area contributed by atoms with Crippen LogP contribution in [0.4, 0.5) is 10.5 Å². The van der Waals surface area contributed by atoms with Crippen LogP contribution in [0.1, 0.15) is 0 Å². The summed E-state index contributed by atoms with van der Waals surface area (Å²) in [4.78, 5) is 18.3. The number of aromatic nitrogens is 2. The molecule has 1 aliphatic heterocycles. The van der Waals surface area contributed by atoms with Crippen molar-refractivity contribution in [1.29, 1.82) is 0 Å². The van der Waals surface area contributed by atoms with Gasteiger partial charge in [-0.25, -0.2) is 9.78 Å². The minimum absolute atomic E-state index is 0.352. The van der Waals surface area contributed by atoms with Crippen LogP contribution < -0.4 is 10.1 Å². The van der Waals surface area contributed by atoms with Gasteiger partial charge < -0.3 is 19.7 Å². The van der Waals surface area contributed by atoms with Crippen LogP contribution in [0.15, 0.2) is 48.8 Å². The third-order valence-corrected chi connectivity index (χ3v) is 4.43. The van der Waals surface area contributed by atoms with Crippen molar-refractivity contribution >= 4 is 22.8 Å². The lowest BCUT2D eigenvalue weighted by Crippen LogP contribution is -2.42. The van der Waals surface area contributed by atoms with Crippen LogP contribution in [0, 0.1) is 0 Å². The van der Waals surface area contributed by atoms with E-state index in [0.717, 1.165) is 22.4 Å². The van der Waals surface area contributed by atoms with Gasteiger partial charge in [0.1, 0.15) is 12.1 Å². The number of benzene rings is 2. The number of carbonyl (C=O) groups is 1. The van der Waals surface area contributed by atoms with E-state index in [1.165, 1.54) is 0 Å². The molecule has 1 aliphatic rings. The summed E-state index contributed by atoms with van der Waals surface area (Å²) < 4.78 is 12.7. The summed E-state index contributed by atoms with van der Waals surface area (Å²) in [6, 6.07) is 13.6. The fraction of sp³-hybridized carbons (Fsp3) is 0.263. The Morgan fingerprint density at radius 3 is 2.65 bits per heavy atom. The summed E-state index contributed by atoms with van der Waals surface area (Å²) in [5.74, 6) is 0.491. The maximum atomic E-state index is 12.2. The quantitative estimate of drug-likeness (QED) is 0.785. The minimum atomic E-state index is -0.352. The number of ether oxygens (including phenoxy) is 2. The second-order valence-corrected chi connectivity index (χ2v) is 6.03. The van der Waals surface area contributed by atoms with Crippen LogP contribution in [0.25, 0.3) is 16.7 Å². The number of nitrogens with zero attached hydrogens (tertiary/aromatic N) is 3. The van der Waals surface area contributed by atoms with Crippen molar-refractivity contribution in [3.8, 4) is 11.4 Å². The van der Waals surface area contributed by atoms with E-state index in [1.807, 2.05) is 41.9 Å². The highest BCUT2D eigenvalue weighted by Crippen LogP contribution is 2.24. The smallest absolute Gasteiger partial charge is 0.410 e. The molecule has 0 atom stereocenters. The molecular formula is C19H20N4O3. The van der Waals surface area contributed by atoms with Crippen LogP contribution in [0.2, 0.25) is 0 Å². The zero-order valence-corrected chi connectivity index (χ0v) is 14.5. The van der Waals surface area contributed by atoms with Crippen molar-refractivity contribution in [2.24, 2.45) is 0 Å². The highest BCUT2D eigenvalue weighted by molar-refractivity contribution is 5.80. The van der Waals surface area contributed by atoms with Gasteiger partial charge in [0.2, 0.25) is 0 Å². The standard InChI is InChI=1S/C19H20N4O3/c1-20-14-2-4-15(5-3-14)23-13-21-17-12-16(6-7-18(17)23)26-19(24)22-8-10-25-11-9-22/h2-7,12-13,20H,8-11H2,1H3. The van der Waals surface area contributed by atoms with Crippen molar-refractivity contribution in [3.63, 3.8) is 0 Å². The van der Waals surface area contributed by atoms with Crippen LogP contribution in [0.3, 0.4) is 0 Å². The summed E-state index contributed by atoms with van der Waals surface area (Å²) in [6.45, 7) is 2.20. The lowest BCUT2D eigenvalue weighted by Gasteiger charge is -2.25. The van der Waals surface area contributed by atoms with E-state index in [2.05, 4.69) is 10.3 Å². The van der Waals surface area contributed by atoms with Gasteiger partial charge in [-0.05, 0) is 36.4 Å². The van der Waals surface area contributed by atoms with Gasteiger partial charge in [-0.1, -0.05) is 0 Å². The molecule has 0 saturated carbocycles. The van der Waals surface area contributed by atoms with Gasteiger partial charge in [0.05, 0.1) is 24.2 Å². The van der Waals surface area contributed by atoms with Gasteiger partial charge in [0, 0.05) is 37.6 Å². The monoisotopic (exact) mass is 352 g/mol. The molecule has 1 fully saturated rings. The van der Waals surface area contributed by atoms with Crippen molar-refractivity contribution in [1.82, 2.24) is 14.5 Å². The maximum Gasteiger partial charge on any atom is 0.415 e. The Bertz CT molecular complexity index is 914. The Kier molecular flexibility index (Phi) is 4.45. The minimum Gasteiger partial charge on any atom is -0.410 e. The van der Waals surface area contributed by atoms with Crippen molar-refractivity contribution in [2.75, 3.05) is 38.7 Å². The number of hydrogen-bond acceptors (Lipinski definition) is 5. The second-order valence-electron chi connectivity index (χ2n) is 6.03. The lowest BCUT2D eigenvalue weighted by atomic mass is 10.2. The fourth-order valence-corrected chi connectivity index (χ4v) is 2.96. The van der Waals surface area contributed by atoms with Gasteiger partial charge >= 0.3 is 6.09 Å². The fourth-order valence-electron chi connectivity index (χ4n) is 2.96. The number of hydrogen-bond donors (Lipinski definition) is 1. The molecular weight excluding hydrogens is 332 g/mol. The summed E-state index contributed by atoms with van der Waals surface area (Å²) in [6.07, 6.45) is 1.42. The number of amides is 1. The normalized spacial score (nSPS) is 14.4. The molecule has 26 heavy (non-hydrogen) atoms. The Labute approximate surface area is 151 Å². The molecule has 1 saturated heterocycles. The number of carbonyl (C=O) groups excluding carboxylic acids is 1. The van der Waals surface area contributed by atoms with Crippen LogP contribution in [-0.2, 0) is 4.74 Å². The first-order valence-corrected chi connectivity index (χ1v) is 8.54. The molecule has 1 amide bonds. The van der Waals surface area contributed by atoms with E-state index >= 15 is 0 Å². The molecule has 7 nitrogen and oxygen atoms in total. The number of fused-ring (bicyclic) bond motifs is 1. The van der Waals surface area contributed by atoms with Gasteiger partial charge in [-0.2, -0.15) is 0 Å². The van der Waals surface area contributed by atoms with Gasteiger partial charge in [0.25, 0.3) is 0 Å². The summed E-state index contributed by atoms with van der Waals surface area (Å²) in [7, 11) is 1.89. The van der Waals surface area contributed by atoms with E-state index in [9.17, 15) is 4.79 Å². The maximum absolute atomic E-state index is 12.2. The van der Waals surface area contributed by atoms with E-state index in [-0.39, 0.29) is 6.09 Å². The van der Waals surface area contributed by atoms with Crippen molar-refractivity contribution in [2.45, 2.75) is 0 Å². The largest absolute Gasteiger partial charge is 0.415 e. The van der Waals surface area contributed by atoms with E-state index in [4.69, 9.17) is 9.47 Å². The molecule has 3 aromatic rings. The Balaban J connectivity index is 1.55. The van der Waals surface area contributed by atoms with Crippen LogP contribution >= 0.6 is 0 Å². The zero-order valence-electron chi connectivity index (χ0n) is 14.5. The molecule has 0 bridgehead atoms. The molecule has 0 aliphatic carbocycles. The lowest BCUT2D eigenvalue weighted by molar-refractivity contribution is 0.0416. The third-order valence-electron chi connectivity index (χ3n) is 4.43. The molecule has 134 valence electrons. The molecule has 0 radical (unpaired) electrons. The number of rotatable bonds is 3. The highest BCUT2D eigenvalue weighted by atomic mass is 16.6. The predicted molar refractivity (Wildman–Crippen MR) is 99.0 cm³/mol. The average molecular weight is 352 g/mol. The number of morpholine rings is 1. The topological polar surface area (TPSA) is 68.6 Å². The highest BCUT2D eigenvalue weighted by Gasteiger charge is 2.19. The Hall–Kier alpha value is -3.06. The summed E-state index contributed by atoms with van der Waals surface area (Å²) >= 11 is 0. The first-order valence-electron chi connectivity index (χ1n) is 8.54.